The molecule has 4 nitrogen and oxygen atoms in total. The van der Waals surface area contributed by atoms with E-state index in [1.807, 2.05) is 6.07 Å². The molecule has 0 aliphatic heterocycles. The fraction of sp³-hybridized carbons (Fsp3) is 0.462. The lowest BCUT2D eigenvalue weighted by Crippen LogP contribution is -2.29. The second kappa shape index (κ2) is 7.67. The smallest absolute Gasteiger partial charge is 0.269 e. The van der Waals surface area contributed by atoms with E-state index in [0.29, 0.717) is 29.6 Å². The van der Waals surface area contributed by atoms with Crippen molar-refractivity contribution in [3.63, 3.8) is 0 Å². The number of halogens is 1. The average Bonchev–Trinajstić information content (AvgIpc) is 2.43. The number of carbonyl (C=O) groups excluding carboxylic acids is 1. The molecule has 1 unspecified atom stereocenters. The first kappa shape index (κ1) is 14.5. The summed E-state index contributed by atoms with van der Waals surface area (Å²) in [5.41, 5.74) is 0.773. The van der Waals surface area contributed by atoms with Gasteiger partial charge in [0.2, 0.25) is 0 Å². The van der Waals surface area contributed by atoms with E-state index in [-0.39, 0.29) is 5.91 Å². The highest BCUT2D eigenvalue weighted by Crippen LogP contribution is 2.08. The summed E-state index contributed by atoms with van der Waals surface area (Å²) in [6.07, 6.45) is 3.26. The summed E-state index contributed by atoms with van der Waals surface area (Å²) in [5, 5.41) is 11.5. The maximum Gasteiger partial charge on any atom is 0.269 e. The SMILES string of the molecule is CCC(CCCl)CNC(=O)c1ccc(C#N)cn1. The van der Waals surface area contributed by atoms with Crippen LogP contribution >= 0.6 is 11.6 Å². The first-order valence-corrected chi connectivity index (χ1v) is 6.45. The average molecular weight is 266 g/mol. The van der Waals surface area contributed by atoms with Crippen LogP contribution in [0, 0.1) is 17.2 Å². The number of rotatable bonds is 6. The number of hydrogen-bond donors (Lipinski definition) is 1. The van der Waals surface area contributed by atoms with Crippen LogP contribution in [-0.2, 0) is 0 Å². The van der Waals surface area contributed by atoms with E-state index in [0.717, 1.165) is 12.8 Å². The maximum atomic E-state index is 11.8. The van der Waals surface area contributed by atoms with Crippen LogP contribution in [0.3, 0.4) is 0 Å². The van der Waals surface area contributed by atoms with Gasteiger partial charge in [0.25, 0.3) is 5.91 Å². The Morgan fingerprint density at radius 1 is 1.61 bits per heavy atom. The zero-order chi connectivity index (χ0) is 13.4. The lowest BCUT2D eigenvalue weighted by molar-refractivity contribution is 0.0941. The summed E-state index contributed by atoms with van der Waals surface area (Å²) in [6.45, 7) is 2.67. The van der Waals surface area contributed by atoms with Crippen molar-refractivity contribution >= 4 is 17.5 Å². The number of aromatic nitrogens is 1. The van der Waals surface area contributed by atoms with E-state index in [1.54, 1.807) is 12.1 Å². The monoisotopic (exact) mass is 265 g/mol. The van der Waals surface area contributed by atoms with E-state index in [4.69, 9.17) is 16.9 Å². The first-order valence-electron chi connectivity index (χ1n) is 5.91. The second-order valence-corrected chi connectivity index (χ2v) is 4.38. The summed E-state index contributed by atoms with van der Waals surface area (Å²) < 4.78 is 0. The molecule has 18 heavy (non-hydrogen) atoms. The van der Waals surface area contributed by atoms with Crippen LogP contribution in [-0.4, -0.2) is 23.3 Å². The Morgan fingerprint density at radius 3 is 2.89 bits per heavy atom. The molecular weight excluding hydrogens is 250 g/mol. The first-order chi connectivity index (χ1) is 8.71. The van der Waals surface area contributed by atoms with Crippen LogP contribution in [0.2, 0.25) is 0 Å². The molecule has 0 aliphatic rings. The van der Waals surface area contributed by atoms with E-state index >= 15 is 0 Å². The number of carbonyl (C=O) groups is 1. The summed E-state index contributed by atoms with van der Waals surface area (Å²) in [5.74, 6) is 0.779. The van der Waals surface area contributed by atoms with Gasteiger partial charge in [-0.25, -0.2) is 4.98 Å². The zero-order valence-corrected chi connectivity index (χ0v) is 11.1. The van der Waals surface area contributed by atoms with E-state index in [9.17, 15) is 4.79 Å². The number of hydrogen-bond acceptors (Lipinski definition) is 3. The summed E-state index contributed by atoms with van der Waals surface area (Å²) >= 11 is 5.69. The van der Waals surface area contributed by atoms with Gasteiger partial charge in [0, 0.05) is 18.6 Å². The molecule has 0 bridgehead atoms. The van der Waals surface area contributed by atoms with Crippen LogP contribution in [0.15, 0.2) is 18.3 Å². The van der Waals surface area contributed by atoms with Crippen LogP contribution in [0.25, 0.3) is 0 Å². The Morgan fingerprint density at radius 2 is 2.39 bits per heavy atom. The highest BCUT2D eigenvalue weighted by molar-refractivity contribution is 6.17. The minimum absolute atomic E-state index is 0.215. The summed E-state index contributed by atoms with van der Waals surface area (Å²) in [7, 11) is 0. The van der Waals surface area contributed by atoms with Gasteiger partial charge in [-0.3, -0.25) is 4.79 Å². The Kier molecular flexibility index (Phi) is 6.16. The Hall–Kier alpha value is -1.60. The van der Waals surface area contributed by atoms with Crippen molar-refractivity contribution in [2.24, 2.45) is 5.92 Å². The van der Waals surface area contributed by atoms with E-state index in [1.165, 1.54) is 6.20 Å². The molecule has 1 aromatic heterocycles. The fourth-order valence-electron chi connectivity index (χ4n) is 1.53. The Labute approximate surface area is 112 Å². The summed E-state index contributed by atoms with van der Waals surface area (Å²) in [6, 6.07) is 5.09. The molecule has 1 aromatic rings. The van der Waals surface area contributed by atoms with E-state index < -0.39 is 0 Å². The molecule has 0 fully saturated rings. The Bertz CT molecular complexity index is 425. The van der Waals surface area contributed by atoms with Crippen LogP contribution in [0.4, 0.5) is 0 Å². The highest BCUT2D eigenvalue weighted by Gasteiger charge is 2.10. The van der Waals surface area contributed by atoms with E-state index in [2.05, 4.69) is 17.2 Å². The second-order valence-electron chi connectivity index (χ2n) is 4.01. The van der Waals surface area contributed by atoms with Gasteiger partial charge in [-0.2, -0.15) is 5.26 Å². The van der Waals surface area contributed by atoms with Gasteiger partial charge in [0.1, 0.15) is 11.8 Å². The van der Waals surface area contributed by atoms with Crippen molar-refractivity contribution in [2.45, 2.75) is 19.8 Å². The summed E-state index contributed by atoms with van der Waals surface area (Å²) in [4.78, 5) is 15.7. The standard InChI is InChI=1S/C13H16ClN3O/c1-2-10(5-6-14)8-17-13(18)12-4-3-11(7-15)9-16-12/h3-4,9-10H,2,5-6,8H2,1H3,(H,17,18). The van der Waals surface area contributed by atoms with Crippen molar-refractivity contribution in [2.75, 3.05) is 12.4 Å². The molecule has 1 atom stereocenters. The molecule has 0 spiro atoms. The molecule has 1 N–H and O–H groups in total. The quantitative estimate of drug-likeness (QED) is 0.803. The van der Waals surface area contributed by atoms with Gasteiger partial charge < -0.3 is 5.32 Å². The topological polar surface area (TPSA) is 65.8 Å². The highest BCUT2D eigenvalue weighted by atomic mass is 35.5. The maximum absolute atomic E-state index is 11.8. The van der Waals surface area contributed by atoms with Gasteiger partial charge in [-0.1, -0.05) is 13.3 Å². The van der Waals surface area contributed by atoms with Crippen molar-refractivity contribution < 1.29 is 4.79 Å². The number of alkyl halides is 1. The number of pyridine rings is 1. The van der Waals surface area contributed by atoms with Gasteiger partial charge >= 0.3 is 0 Å². The normalized spacial score (nSPS) is 11.6. The lowest BCUT2D eigenvalue weighted by Gasteiger charge is -2.13. The zero-order valence-electron chi connectivity index (χ0n) is 10.3. The molecule has 0 saturated heterocycles. The fourth-order valence-corrected chi connectivity index (χ4v) is 1.84. The lowest BCUT2D eigenvalue weighted by atomic mass is 10.0. The van der Waals surface area contributed by atoms with Crippen LogP contribution in [0.1, 0.15) is 35.8 Å². The largest absolute Gasteiger partial charge is 0.350 e. The predicted octanol–water partition coefficient (Wildman–Crippen LogP) is 2.34. The Balaban J connectivity index is 2.52. The van der Waals surface area contributed by atoms with Gasteiger partial charge in [0.05, 0.1) is 5.56 Å². The van der Waals surface area contributed by atoms with Crippen molar-refractivity contribution in [3.8, 4) is 6.07 Å². The molecule has 0 aromatic carbocycles. The third-order valence-electron chi connectivity index (χ3n) is 2.77. The minimum atomic E-state index is -0.215. The molecule has 0 saturated carbocycles. The minimum Gasteiger partial charge on any atom is -0.350 e. The van der Waals surface area contributed by atoms with Crippen molar-refractivity contribution in [3.05, 3.63) is 29.6 Å². The third kappa shape index (κ3) is 4.34. The predicted molar refractivity (Wildman–Crippen MR) is 70.4 cm³/mol. The molecular formula is C13H16ClN3O. The number of nitrogens with one attached hydrogen (secondary N) is 1. The number of amides is 1. The third-order valence-corrected chi connectivity index (χ3v) is 2.99. The molecule has 1 amide bonds. The molecule has 1 heterocycles. The van der Waals surface area contributed by atoms with Gasteiger partial charge in [0.15, 0.2) is 0 Å². The molecule has 0 radical (unpaired) electrons. The number of nitriles is 1. The number of nitrogens with zero attached hydrogens (tertiary/aromatic N) is 2. The van der Waals surface area contributed by atoms with Crippen molar-refractivity contribution in [1.82, 2.24) is 10.3 Å². The van der Waals surface area contributed by atoms with Crippen LogP contribution < -0.4 is 5.32 Å². The van der Waals surface area contributed by atoms with Gasteiger partial charge in [-0.05, 0) is 24.5 Å². The molecule has 5 heteroatoms. The van der Waals surface area contributed by atoms with Crippen molar-refractivity contribution in [1.29, 1.82) is 5.26 Å². The molecule has 1 rings (SSSR count). The molecule has 96 valence electrons. The molecule has 0 aliphatic carbocycles. The van der Waals surface area contributed by atoms with Gasteiger partial charge in [-0.15, -0.1) is 11.6 Å². The van der Waals surface area contributed by atoms with Crippen LogP contribution in [0.5, 0.6) is 0 Å².